The van der Waals surface area contributed by atoms with Gasteiger partial charge in [0.2, 0.25) is 0 Å². The number of nitrogens with zero attached hydrogens (tertiary/aromatic N) is 2. The van der Waals surface area contributed by atoms with E-state index in [9.17, 15) is 0 Å². The third-order valence-corrected chi connectivity index (χ3v) is 4.75. The molecule has 1 fully saturated rings. The lowest BCUT2D eigenvalue weighted by Gasteiger charge is -2.12. The molecule has 0 saturated carbocycles. The van der Waals surface area contributed by atoms with Gasteiger partial charge in [-0.15, -0.1) is 11.3 Å². The number of aromatic nitrogens is 1. The first-order chi connectivity index (χ1) is 10.7. The Morgan fingerprint density at radius 2 is 2.36 bits per heavy atom. The predicted octanol–water partition coefficient (Wildman–Crippen LogP) is 2.54. The molecule has 0 radical (unpaired) electrons. The van der Waals surface area contributed by atoms with Gasteiger partial charge in [-0.25, -0.2) is 4.98 Å². The van der Waals surface area contributed by atoms with E-state index < -0.39 is 0 Å². The highest BCUT2D eigenvalue weighted by Crippen LogP contribution is 2.19. The maximum Gasteiger partial charge on any atom is 0.191 e. The second-order valence-electron chi connectivity index (χ2n) is 5.86. The first-order valence-electron chi connectivity index (χ1n) is 8.27. The molecule has 0 spiro atoms. The van der Waals surface area contributed by atoms with Crippen LogP contribution in [-0.4, -0.2) is 43.3 Å². The summed E-state index contributed by atoms with van der Waals surface area (Å²) in [5.74, 6) is 1.38. The van der Waals surface area contributed by atoms with E-state index in [1.54, 1.807) is 11.3 Å². The van der Waals surface area contributed by atoms with Crippen molar-refractivity contribution in [2.24, 2.45) is 4.99 Å². The molecule has 1 aromatic rings. The Labute approximate surface area is 137 Å². The maximum absolute atomic E-state index is 5.61. The minimum absolute atomic E-state index is 0.294. The van der Waals surface area contributed by atoms with Crippen LogP contribution in [-0.2, 0) is 11.2 Å². The number of nitrogens with one attached hydrogen (secondary N) is 2. The first kappa shape index (κ1) is 17.2. The maximum atomic E-state index is 5.61. The largest absolute Gasteiger partial charge is 0.376 e. The number of hydrogen-bond acceptors (Lipinski definition) is 4. The molecule has 124 valence electrons. The molecule has 0 bridgehead atoms. The first-order valence-corrected chi connectivity index (χ1v) is 9.15. The van der Waals surface area contributed by atoms with E-state index in [2.05, 4.69) is 46.8 Å². The molecule has 2 rings (SSSR count). The summed E-state index contributed by atoms with van der Waals surface area (Å²) >= 11 is 1.75. The van der Waals surface area contributed by atoms with Crippen molar-refractivity contribution in [2.75, 3.05) is 26.2 Å². The standard InChI is InChI=1S/C16H28N4OS/c1-4-17-16(19-10-14-6-5-9-21-14)18-8-7-13-11-22-15(20-13)12(2)3/h11-12,14H,4-10H2,1-3H3,(H2,17,18,19)/t14-/m1/s1. The Morgan fingerprint density at radius 1 is 1.50 bits per heavy atom. The molecule has 1 aromatic heterocycles. The van der Waals surface area contributed by atoms with Crippen molar-refractivity contribution < 1.29 is 4.74 Å². The van der Waals surface area contributed by atoms with Crippen LogP contribution < -0.4 is 10.6 Å². The van der Waals surface area contributed by atoms with Crippen LogP contribution in [0.5, 0.6) is 0 Å². The van der Waals surface area contributed by atoms with Crippen LogP contribution in [0.25, 0.3) is 0 Å². The number of ether oxygens (including phenoxy) is 1. The molecule has 0 aromatic carbocycles. The number of thiazole rings is 1. The van der Waals surface area contributed by atoms with Gasteiger partial charge in [-0.05, 0) is 19.8 Å². The molecule has 2 heterocycles. The summed E-state index contributed by atoms with van der Waals surface area (Å²) in [4.78, 5) is 9.27. The second-order valence-corrected chi connectivity index (χ2v) is 6.75. The van der Waals surface area contributed by atoms with Gasteiger partial charge in [-0.3, -0.25) is 4.99 Å². The van der Waals surface area contributed by atoms with Crippen LogP contribution in [0.15, 0.2) is 10.4 Å². The fourth-order valence-corrected chi connectivity index (χ4v) is 3.20. The van der Waals surface area contributed by atoms with Gasteiger partial charge >= 0.3 is 0 Å². The lowest BCUT2D eigenvalue weighted by atomic mass is 10.2. The molecular formula is C16H28N4OS. The predicted molar refractivity (Wildman–Crippen MR) is 92.9 cm³/mol. The summed E-state index contributed by atoms with van der Waals surface area (Å²) in [7, 11) is 0. The molecule has 2 N–H and O–H groups in total. The average Bonchev–Trinajstić information content (AvgIpc) is 3.16. The Balaban J connectivity index is 1.76. The van der Waals surface area contributed by atoms with Gasteiger partial charge in [0.15, 0.2) is 5.96 Å². The van der Waals surface area contributed by atoms with Gasteiger partial charge in [-0.1, -0.05) is 13.8 Å². The monoisotopic (exact) mass is 324 g/mol. The summed E-state index contributed by atoms with van der Waals surface area (Å²) < 4.78 is 5.61. The zero-order valence-corrected chi connectivity index (χ0v) is 14.7. The summed E-state index contributed by atoms with van der Waals surface area (Å²) in [5.41, 5.74) is 1.16. The van der Waals surface area contributed by atoms with Gasteiger partial charge in [0, 0.05) is 37.4 Å². The van der Waals surface area contributed by atoms with E-state index in [0.717, 1.165) is 57.2 Å². The highest BCUT2D eigenvalue weighted by atomic mass is 32.1. The molecule has 0 aliphatic carbocycles. The highest BCUT2D eigenvalue weighted by Gasteiger charge is 2.14. The van der Waals surface area contributed by atoms with E-state index in [4.69, 9.17) is 4.74 Å². The second kappa shape index (κ2) is 9.10. The van der Waals surface area contributed by atoms with Crippen molar-refractivity contribution in [1.82, 2.24) is 15.6 Å². The lowest BCUT2D eigenvalue weighted by Crippen LogP contribution is -2.39. The third kappa shape index (κ3) is 5.57. The Hall–Kier alpha value is -1.14. The summed E-state index contributed by atoms with van der Waals surface area (Å²) in [5, 5.41) is 10.0. The van der Waals surface area contributed by atoms with Crippen molar-refractivity contribution in [2.45, 2.75) is 52.1 Å². The number of rotatable bonds is 7. The molecule has 22 heavy (non-hydrogen) atoms. The molecule has 0 amide bonds. The van der Waals surface area contributed by atoms with E-state index >= 15 is 0 Å². The van der Waals surface area contributed by atoms with Crippen LogP contribution in [0.1, 0.15) is 50.2 Å². The Bertz CT molecular complexity index is 466. The summed E-state index contributed by atoms with van der Waals surface area (Å²) in [6.45, 7) is 9.78. The topological polar surface area (TPSA) is 58.5 Å². The minimum Gasteiger partial charge on any atom is -0.376 e. The Kier molecular flexibility index (Phi) is 7.12. The van der Waals surface area contributed by atoms with E-state index in [1.165, 1.54) is 5.01 Å². The number of hydrogen-bond donors (Lipinski definition) is 2. The Morgan fingerprint density at radius 3 is 3.00 bits per heavy atom. The van der Waals surface area contributed by atoms with Gasteiger partial charge < -0.3 is 15.4 Å². The third-order valence-electron chi connectivity index (χ3n) is 3.56. The SMILES string of the molecule is CCNC(=NC[C@H]1CCCO1)NCCc1csc(C(C)C)n1. The highest BCUT2D eigenvalue weighted by molar-refractivity contribution is 7.09. The van der Waals surface area contributed by atoms with Gasteiger partial charge in [0.05, 0.1) is 23.4 Å². The molecule has 1 aliphatic rings. The number of aliphatic imine (C=N–C) groups is 1. The minimum atomic E-state index is 0.294. The van der Waals surface area contributed by atoms with Crippen molar-refractivity contribution >= 4 is 17.3 Å². The average molecular weight is 324 g/mol. The normalized spacial score (nSPS) is 18.9. The molecule has 1 atom stereocenters. The molecular weight excluding hydrogens is 296 g/mol. The fourth-order valence-electron chi connectivity index (χ4n) is 2.33. The molecule has 0 unspecified atom stereocenters. The smallest absolute Gasteiger partial charge is 0.191 e. The molecule has 1 saturated heterocycles. The van der Waals surface area contributed by atoms with Crippen LogP contribution in [0, 0.1) is 0 Å². The summed E-state index contributed by atoms with van der Waals surface area (Å²) in [6.07, 6.45) is 3.50. The van der Waals surface area contributed by atoms with Crippen molar-refractivity contribution in [1.29, 1.82) is 0 Å². The van der Waals surface area contributed by atoms with Crippen LogP contribution in [0.3, 0.4) is 0 Å². The van der Waals surface area contributed by atoms with E-state index in [1.807, 2.05) is 0 Å². The van der Waals surface area contributed by atoms with Crippen LogP contribution in [0.2, 0.25) is 0 Å². The van der Waals surface area contributed by atoms with Crippen LogP contribution in [0.4, 0.5) is 0 Å². The molecule has 1 aliphatic heterocycles. The number of guanidine groups is 1. The fraction of sp³-hybridized carbons (Fsp3) is 0.750. The van der Waals surface area contributed by atoms with Gasteiger partial charge in [0.25, 0.3) is 0 Å². The summed E-state index contributed by atoms with van der Waals surface area (Å²) in [6, 6.07) is 0. The van der Waals surface area contributed by atoms with Gasteiger partial charge in [0.1, 0.15) is 0 Å². The quantitative estimate of drug-likeness (QED) is 0.598. The molecule has 6 heteroatoms. The van der Waals surface area contributed by atoms with Crippen molar-refractivity contribution in [3.05, 3.63) is 16.1 Å². The molecule has 5 nitrogen and oxygen atoms in total. The lowest BCUT2D eigenvalue weighted by molar-refractivity contribution is 0.117. The van der Waals surface area contributed by atoms with E-state index in [-0.39, 0.29) is 0 Å². The zero-order valence-electron chi connectivity index (χ0n) is 13.9. The van der Waals surface area contributed by atoms with Gasteiger partial charge in [-0.2, -0.15) is 0 Å². The van der Waals surface area contributed by atoms with E-state index in [0.29, 0.717) is 12.0 Å². The van der Waals surface area contributed by atoms with Crippen molar-refractivity contribution in [3.63, 3.8) is 0 Å². The zero-order chi connectivity index (χ0) is 15.8. The van der Waals surface area contributed by atoms with Crippen molar-refractivity contribution in [3.8, 4) is 0 Å². The van der Waals surface area contributed by atoms with Crippen LogP contribution >= 0.6 is 11.3 Å².